The molecular weight excluding hydrogens is 570 g/mol. The molecule has 0 spiro atoms. The maximum atomic E-state index is 14.5. The van der Waals surface area contributed by atoms with Crippen molar-refractivity contribution in [2.24, 2.45) is 0 Å². The van der Waals surface area contributed by atoms with E-state index in [1.165, 1.54) is 0 Å². The van der Waals surface area contributed by atoms with Gasteiger partial charge in [-0.05, 0) is 65.2 Å². The number of benzene rings is 3. The average molecular weight is 594 g/mol. The predicted octanol–water partition coefficient (Wildman–Crippen LogP) is 6.02. The molecule has 2 aromatic heterocycles. The lowest BCUT2D eigenvalue weighted by Gasteiger charge is -2.23. The first-order valence-corrected chi connectivity index (χ1v) is 13.1. The van der Waals surface area contributed by atoms with E-state index in [1.54, 1.807) is 13.0 Å². The van der Waals surface area contributed by atoms with E-state index in [1.807, 2.05) is 36.4 Å². The molecule has 5 aromatic rings. The lowest BCUT2D eigenvalue weighted by molar-refractivity contribution is -0.137. The number of hydrogen-bond donors (Lipinski definition) is 3. The van der Waals surface area contributed by atoms with Crippen molar-refractivity contribution in [1.82, 2.24) is 30.8 Å². The summed E-state index contributed by atoms with van der Waals surface area (Å²) in [7, 11) is 0. The van der Waals surface area contributed by atoms with Gasteiger partial charge in [-0.2, -0.15) is 18.2 Å². The van der Waals surface area contributed by atoms with Crippen LogP contribution in [0.15, 0.2) is 65.2 Å². The Kier molecular flexibility index (Phi) is 7.21. The van der Waals surface area contributed by atoms with Crippen molar-refractivity contribution in [1.29, 1.82) is 0 Å². The molecule has 15 heteroatoms. The van der Waals surface area contributed by atoms with Gasteiger partial charge >= 0.3 is 12.2 Å². The number of aromatic amines is 1. The highest BCUT2D eigenvalue weighted by Crippen LogP contribution is 2.39. The number of halogens is 4. The van der Waals surface area contributed by atoms with Crippen molar-refractivity contribution in [3.63, 3.8) is 0 Å². The summed E-state index contributed by atoms with van der Waals surface area (Å²) in [5.41, 5.74) is 1.70. The summed E-state index contributed by atoms with van der Waals surface area (Å²) < 4.78 is 58.8. The number of amides is 2. The Bertz CT molecular complexity index is 1770. The summed E-state index contributed by atoms with van der Waals surface area (Å²) >= 11 is 0. The SMILES string of the molecule is Cc1noc(C2CCN(c3ccc(-c4ccccc4-c4nnn[nH]4)cc3NC(=O)Nc3ccc(C(F)(F)F)cc3F)C2)n1. The van der Waals surface area contributed by atoms with Crippen LogP contribution in [0.5, 0.6) is 0 Å². The number of rotatable bonds is 6. The van der Waals surface area contributed by atoms with Crippen LogP contribution in [-0.4, -0.2) is 49.9 Å². The molecule has 3 N–H and O–H groups in total. The fraction of sp³-hybridized carbons (Fsp3) is 0.214. The van der Waals surface area contributed by atoms with Crippen molar-refractivity contribution in [3.8, 4) is 22.5 Å². The van der Waals surface area contributed by atoms with Crippen LogP contribution in [0.3, 0.4) is 0 Å². The number of carbonyl (C=O) groups excluding carboxylic acids is 1. The Balaban J connectivity index is 1.32. The average Bonchev–Trinajstić information content (AvgIpc) is 3.76. The Labute approximate surface area is 241 Å². The zero-order chi connectivity index (χ0) is 30.1. The summed E-state index contributed by atoms with van der Waals surface area (Å²) in [4.78, 5) is 19.5. The highest BCUT2D eigenvalue weighted by Gasteiger charge is 2.32. The fourth-order valence-corrected chi connectivity index (χ4v) is 5.02. The van der Waals surface area contributed by atoms with E-state index in [-0.39, 0.29) is 5.92 Å². The Morgan fingerprint density at radius 3 is 2.53 bits per heavy atom. The van der Waals surface area contributed by atoms with Gasteiger partial charge in [0.05, 0.1) is 28.5 Å². The van der Waals surface area contributed by atoms with Gasteiger partial charge in [-0.3, -0.25) is 0 Å². The van der Waals surface area contributed by atoms with E-state index in [2.05, 4.69) is 46.3 Å². The number of hydrogen-bond acceptors (Lipinski definition) is 8. The Morgan fingerprint density at radius 1 is 1.05 bits per heavy atom. The number of aromatic nitrogens is 6. The number of aryl methyl sites for hydroxylation is 1. The van der Waals surface area contributed by atoms with Crippen LogP contribution in [0.1, 0.15) is 29.6 Å². The second-order valence-electron chi connectivity index (χ2n) is 9.91. The molecule has 6 rings (SSSR count). The maximum Gasteiger partial charge on any atom is 0.416 e. The van der Waals surface area contributed by atoms with Crippen LogP contribution in [0.2, 0.25) is 0 Å². The molecule has 43 heavy (non-hydrogen) atoms. The minimum atomic E-state index is -4.72. The number of tetrazole rings is 1. The summed E-state index contributed by atoms with van der Waals surface area (Å²) in [6.45, 7) is 2.89. The van der Waals surface area contributed by atoms with Crippen molar-refractivity contribution < 1.29 is 26.9 Å². The van der Waals surface area contributed by atoms with Gasteiger partial charge in [-0.1, -0.05) is 35.5 Å². The molecule has 1 unspecified atom stereocenters. The van der Waals surface area contributed by atoms with Crippen molar-refractivity contribution in [2.75, 3.05) is 28.6 Å². The summed E-state index contributed by atoms with van der Waals surface area (Å²) in [5, 5.41) is 23.0. The van der Waals surface area contributed by atoms with E-state index in [4.69, 9.17) is 4.52 Å². The first-order valence-electron chi connectivity index (χ1n) is 13.1. The topological polar surface area (TPSA) is 138 Å². The minimum absolute atomic E-state index is 0.0246. The monoisotopic (exact) mass is 593 g/mol. The number of alkyl halides is 3. The highest BCUT2D eigenvalue weighted by atomic mass is 19.4. The van der Waals surface area contributed by atoms with E-state index >= 15 is 0 Å². The first kappa shape index (κ1) is 27.8. The number of urea groups is 1. The van der Waals surface area contributed by atoms with Gasteiger partial charge in [0.25, 0.3) is 0 Å². The zero-order valence-corrected chi connectivity index (χ0v) is 22.5. The fourth-order valence-electron chi connectivity index (χ4n) is 5.02. The van der Waals surface area contributed by atoms with E-state index in [9.17, 15) is 22.4 Å². The van der Waals surface area contributed by atoms with Crippen LogP contribution < -0.4 is 15.5 Å². The third kappa shape index (κ3) is 5.86. The van der Waals surface area contributed by atoms with E-state index in [0.717, 1.165) is 29.2 Å². The normalized spacial score (nSPS) is 15.1. The van der Waals surface area contributed by atoms with Gasteiger partial charge in [-0.15, -0.1) is 5.10 Å². The molecule has 0 aliphatic carbocycles. The van der Waals surface area contributed by atoms with Crippen molar-refractivity contribution in [3.05, 3.63) is 83.8 Å². The predicted molar refractivity (Wildman–Crippen MR) is 148 cm³/mol. The van der Waals surface area contributed by atoms with Gasteiger partial charge in [0, 0.05) is 18.7 Å². The van der Waals surface area contributed by atoms with E-state index < -0.39 is 29.3 Å². The Hall–Kier alpha value is -5.34. The molecule has 1 fully saturated rings. The van der Waals surface area contributed by atoms with Gasteiger partial charge in [0.2, 0.25) is 5.89 Å². The van der Waals surface area contributed by atoms with Crippen LogP contribution >= 0.6 is 0 Å². The smallest absolute Gasteiger partial charge is 0.369 e. The molecule has 0 saturated carbocycles. The Morgan fingerprint density at radius 2 is 1.84 bits per heavy atom. The molecule has 3 heterocycles. The highest BCUT2D eigenvalue weighted by molar-refractivity contribution is 6.03. The molecule has 1 aliphatic heterocycles. The summed E-state index contributed by atoms with van der Waals surface area (Å²) in [6, 6.07) is 14.0. The molecule has 11 nitrogen and oxygen atoms in total. The number of nitrogens with one attached hydrogen (secondary N) is 3. The molecule has 2 amide bonds. The van der Waals surface area contributed by atoms with Crippen LogP contribution in [0, 0.1) is 12.7 Å². The summed E-state index contributed by atoms with van der Waals surface area (Å²) in [6.07, 6.45) is -3.99. The zero-order valence-electron chi connectivity index (χ0n) is 22.5. The number of anilines is 3. The largest absolute Gasteiger partial charge is 0.416 e. The van der Waals surface area contributed by atoms with Crippen molar-refractivity contribution >= 4 is 23.1 Å². The molecule has 0 radical (unpaired) electrons. The van der Waals surface area contributed by atoms with Crippen molar-refractivity contribution in [2.45, 2.75) is 25.4 Å². The minimum Gasteiger partial charge on any atom is -0.369 e. The number of nitrogens with zero attached hydrogens (tertiary/aromatic N) is 6. The molecule has 220 valence electrons. The van der Waals surface area contributed by atoms with Gasteiger partial charge in [0.15, 0.2) is 11.6 Å². The van der Waals surface area contributed by atoms with Crippen LogP contribution in [0.4, 0.5) is 39.4 Å². The second kappa shape index (κ2) is 11.2. The lowest BCUT2D eigenvalue weighted by Crippen LogP contribution is -2.25. The van der Waals surface area contributed by atoms with Gasteiger partial charge in [0.1, 0.15) is 5.82 Å². The molecule has 0 bridgehead atoms. The molecule has 1 saturated heterocycles. The molecule has 1 atom stereocenters. The third-order valence-corrected chi connectivity index (χ3v) is 7.05. The van der Waals surface area contributed by atoms with Gasteiger partial charge < -0.3 is 20.1 Å². The van der Waals surface area contributed by atoms with E-state index in [0.29, 0.717) is 54.1 Å². The molecule has 3 aromatic carbocycles. The number of carbonyl (C=O) groups is 1. The molecular formula is C28H23F4N9O2. The van der Waals surface area contributed by atoms with Crippen LogP contribution in [-0.2, 0) is 6.18 Å². The molecule has 1 aliphatic rings. The lowest BCUT2D eigenvalue weighted by atomic mass is 9.98. The standard InChI is InChI=1S/C28H23F4N9O2/c1-15-33-26(43-38-15)17-10-11-41(14-17)24-9-6-16(19-4-2-3-5-20(19)25-36-39-40-37-25)12-23(24)35-27(42)34-22-8-7-18(13-21(22)29)28(30,31)32/h2-9,12-13,17H,10-11,14H2,1H3,(H2,34,35,42)(H,36,37,39,40). The summed E-state index contributed by atoms with van der Waals surface area (Å²) in [5.74, 6) is 0.264. The second-order valence-corrected chi connectivity index (χ2v) is 9.91. The third-order valence-electron chi connectivity index (χ3n) is 7.05. The quantitative estimate of drug-likeness (QED) is 0.203. The van der Waals surface area contributed by atoms with Crippen LogP contribution in [0.25, 0.3) is 22.5 Å². The number of H-pyrrole nitrogens is 1. The first-order chi connectivity index (χ1) is 20.7. The maximum absolute atomic E-state index is 14.5. The van der Waals surface area contributed by atoms with Gasteiger partial charge in [-0.25, -0.2) is 14.3 Å².